The molecule has 1 atom stereocenters. The minimum absolute atomic E-state index is 0.594. The van der Waals surface area contributed by atoms with E-state index in [0.717, 1.165) is 28.2 Å². The first-order chi connectivity index (χ1) is 28.0. The molecule has 0 aromatic heterocycles. The Morgan fingerprint density at radius 3 is 1.35 bits per heavy atom. The molecule has 3 nitrogen and oxygen atoms in total. The Balaban J connectivity index is 1.08. The average Bonchev–Trinajstić information content (AvgIpc) is 3.59. The summed E-state index contributed by atoms with van der Waals surface area (Å²) < 4.78 is 11.9. The van der Waals surface area contributed by atoms with Crippen molar-refractivity contribution in [2.75, 3.05) is 7.11 Å². The monoisotopic (exact) mass is 736 g/mol. The zero-order valence-corrected chi connectivity index (χ0v) is 31.8. The van der Waals surface area contributed by atoms with E-state index in [0.29, 0.717) is 5.75 Å². The van der Waals surface area contributed by atoms with Gasteiger partial charge in [-0.3, -0.25) is 0 Å². The maximum atomic E-state index is 12.4. The summed E-state index contributed by atoms with van der Waals surface area (Å²) in [6, 6.07) is 69.5. The number of benzene rings is 9. The summed E-state index contributed by atoms with van der Waals surface area (Å²) >= 11 is 0. The van der Waals surface area contributed by atoms with Crippen LogP contribution in [-0.2, 0) is 11.0 Å². The molecular formula is C54H40O3. The second kappa shape index (κ2) is 13.7. The summed E-state index contributed by atoms with van der Waals surface area (Å²) in [7, 11) is 1.64. The normalized spacial score (nSPS) is 13.8. The molecule has 9 aromatic rings. The molecule has 0 aliphatic heterocycles. The van der Waals surface area contributed by atoms with Gasteiger partial charge in [-0.05, 0) is 115 Å². The van der Waals surface area contributed by atoms with Crippen molar-refractivity contribution in [3.63, 3.8) is 0 Å². The predicted molar refractivity (Wildman–Crippen MR) is 232 cm³/mol. The van der Waals surface area contributed by atoms with E-state index < -0.39 is 11.0 Å². The summed E-state index contributed by atoms with van der Waals surface area (Å²) in [5.41, 5.74) is 9.07. The molecule has 1 N–H and O–H groups in total. The number of hydrogen-bond acceptors (Lipinski definition) is 3. The van der Waals surface area contributed by atoms with Gasteiger partial charge in [0.2, 0.25) is 0 Å². The molecule has 0 spiro atoms. The van der Waals surface area contributed by atoms with E-state index in [2.05, 4.69) is 128 Å². The van der Waals surface area contributed by atoms with Gasteiger partial charge < -0.3 is 14.6 Å². The zero-order chi connectivity index (χ0) is 38.6. The fourth-order valence-corrected chi connectivity index (χ4v) is 9.16. The molecule has 0 amide bonds. The molecule has 1 aliphatic rings. The van der Waals surface area contributed by atoms with Crippen LogP contribution in [0, 0.1) is 6.92 Å². The van der Waals surface area contributed by atoms with E-state index in [1.165, 1.54) is 60.5 Å². The van der Waals surface area contributed by atoms with Crippen molar-refractivity contribution in [2.24, 2.45) is 0 Å². The smallest absolute Gasteiger partial charge is 0.140 e. The van der Waals surface area contributed by atoms with Crippen molar-refractivity contribution < 1.29 is 14.6 Å². The molecule has 0 saturated heterocycles. The lowest BCUT2D eigenvalue weighted by molar-refractivity contribution is 0.125. The Hall–Kier alpha value is -6.94. The standard InChI is InChI=1S/C54H40O3/c1-36-16-20-39(21-17-36)53(51-47-14-8-6-10-37(47)18-34-49(51)50-35-19-38-11-7-9-15-48(38)52(50)53)40-22-30-45(31-23-40)57-46-32-26-43(27-33-46)54(55,41-12-4-3-5-13-41)42-24-28-44(56-2)29-25-42/h3-35,55H,1-2H3. The van der Waals surface area contributed by atoms with E-state index in [9.17, 15) is 5.11 Å². The van der Waals surface area contributed by atoms with Gasteiger partial charge in [0.25, 0.3) is 0 Å². The Bertz CT molecular complexity index is 2810. The number of ether oxygens (including phenoxy) is 2. The number of hydrogen-bond donors (Lipinski definition) is 1. The molecule has 0 bridgehead atoms. The minimum Gasteiger partial charge on any atom is -0.497 e. The van der Waals surface area contributed by atoms with Gasteiger partial charge in [-0.25, -0.2) is 0 Å². The number of aliphatic hydroxyl groups is 1. The Labute approximate surface area is 333 Å². The van der Waals surface area contributed by atoms with Crippen LogP contribution in [0.3, 0.4) is 0 Å². The van der Waals surface area contributed by atoms with Crippen molar-refractivity contribution in [1.29, 1.82) is 0 Å². The third-order valence-corrected chi connectivity index (χ3v) is 11.9. The van der Waals surface area contributed by atoms with Crippen molar-refractivity contribution >= 4 is 21.5 Å². The first-order valence-corrected chi connectivity index (χ1v) is 19.4. The zero-order valence-electron chi connectivity index (χ0n) is 31.8. The maximum Gasteiger partial charge on any atom is 0.140 e. The van der Waals surface area contributed by atoms with Crippen LogP contribution in [0.4, 0.5) is 0 Å². The topological polar surface area (TPSA) is 38.7 Å². The lowest BCUT2D eigenvalue weighted by Crippen LogP contribution is -2.29. The quantitative estimate of drug-likeness (QED) is 0.158. The Kier molecular flexibility index (Phi) is 8.28. The van der Waals surface area contributed by atoms with Gasteiger partial charge in [0.05, 0.1) is 12.5 Å². The third-order valence-electron chi connectivity index (χ3n) is 11.9. The van der Waals surface area contributed by atoms with Crippen LogP contribution >= 0.6 is 0 Å². The Morgan fingerprint density at radius 1 is 0.421 bits per heavy atom. The lowest BCUT2D eigenvalue weighted by Gasteiger charge is -2.35. The van der Waals surface area contributed by atoms with Gasteiger partial charge in [-0.15, -0.1) is 0 Å². The molecule has 274 valence electrons. The molecule has 57 heavy (non-hydrogen) atoms. The van der Waals surface area contributed by atoms with Gasteiger partial charge >= 0.3 is 0 Å². The molecule has 0 heterocycles. The van der Waals surface area contributed by atoms with Gasteiger partial charge in [-0.2, -0.15) is 0 Å². The highest BCUT2D eigenvalue weighted by molar-refractivity contribution is 6.06. The highest BCUT2D eigenvalue weighted by Crippen LogP contribution is 2.60. The number of methoxy groups -OCH3 is 1. The van der Waals surface area contributed by atoms with Gasteiger partial charge in [0.15, 0.2) is 0 Å². The lowest BCUT2D eigenvalue weighted by atomic mass is 9.65. The van der Waals surface area contributed by atoms with Gasteiger partial charge in [-0.1, -0.05) is 169 Å². The number of aryl methyl sites for hydroxylation is 1. The highest BCUT2D eigenvalue weighted by atomic mass is 16.5. The summed E-state index contributed by atoms with van der Waals surface area (Å²) in [5, 5.41) is 17.4. The summed E-state index contributed by atoms with van der Waals surface area (Å²) in [5.74, 6) is 2.14. The SMILES string of the molecule is COc1ccc(C(O)(c2ccccc2)c2ccc(Oc3ccc(C4(c5ccc(C)cc5)c5c(ccc6ccccc56)-c5ccc6ccccc6c54)cc3)cc2)cc1. The van der Waals surface area contributed by atoms with Crippen LogP contribution in [0.2, 0.25) is 0 Å². The predicted octanol–water partition coefficient (Wildman–Crippen LogP) is 12.7. The second-order valence-corrected chi connectivity index (χ2v) is 15.0. The highest BCUT2D eigenvalue weighted by Gasteiger charge is 2.48. The molecule has 0 fully saturated rings. The molecule has 0 saturated carbocycles. The van der Waals surface area contributed by atoms with Crippen LogP contribution in [0.25, 0.3) is 32.7 Å². The van der Waals surface area contributed by atoms with Crippen LogP contribution in [-0.4, -0.2) is 12.2 Å². The number of rotatable bonds is 8. The van der Waals surface area contributed by atoms with Crippen molar-refractivity contribution in [1.82, 2.24) is 0 Å². The van der Waals surface area contributed by atoms with E-state index in [4.69, 9.17) is 9.47 Å². The fourth-order valence-electron chi connectivity index (χ4n) is 9.16. The molecule has 0 radical (unpaired) electrons. The molecule has 10 rings (SSSR count). The van der Waals surface area contributed by atoms with E-state index in [-0.39, 0.29) is 0 Å². The fraction of sp³-hybridized carbons (Fsp3) is 0.0741. The van der Waals surface area contributed by atoms with Gasteiger partial charge in [0, 0.05) is 0 Å². The van der Waals surface area contributed by atoms with Crippen LogP contribution < -0.4 is 9.47 Å². The van der Waals surface area contributed by atoms with Crippen molar-refractivity contribution in [3.05, 3.63) is 245 Å². The first-order valence-electron chi connectivity index (χ1n) is 19.4. The summed E-state index contributed by atoms with van der Waals surface area (Å²) in [6.45, 7) is 2.15. The molecule has 1 aliphatic carbocycles. The van der Waals surface area contributed by atoms with Crippen LogP contribution in [0.5, 0.6) is 17.2 Å². The third kappa shape index (κ3) is 5.46. The van der Waals surface area contributed by atoms with E-state index in [1.54, 1.807) is 7.11 Å². The van der Waals surface area contributed by atoms with Crippen molar-refractivity contribution in [2.45, 2.75) is 17.9 Å². The molecule has 9 aromatic carbocycles. The van der Waals surface area contributed by atoms with Crippen molar-refractivity contribution in [3.8, 4) is 28.4 Å². The summed E-state index contributed by atoms with van der Waals surface area (Å²) in [4.78, 5) is 0. The van der Waals surface area contributed by atoms with Gasteiger partial charge in [0.1, 0.15) is 22.8 Å². The minimum atomic E-state index is -1.37. The maximum absolute atomic E-state index is 12.4. The average molecular weight is 737 g/mol. The Morgan fingerprint density at radius 2 is 0.842 bits per heavy atom. The van der Waals surface area contributed by atoms with Crippen LogP contribution in [0.15, 0.2) is 200 Å². The second-order valence-electron chi connectivity index (χ2n) is 15.0. The number of fused-ring (bicyclic) bond motifs is 7. The molecule has 1 unspecified atom stereocenters. The van der Waals surface area contributed by atoms with E-state index in [1.807, 2.05) is 78.9 Å². The summed E-state index contributed by atoms with van der Waals surface area (Å²) in [6.07, 6.45) is 0. The van der Waals surface area contributed by atoms with Crippen LogP contribution in [0.1, 0.15) is 44.5 Å². The largest absolute Gasteiger partial charge is 0.497 e. The van der Waals surface area contributed by atoms with E-state index >= 15 is 0 Å². The molecule has 3 heteroatoms. The first kappa shape index (κ1) is 34.5. The molecular weight excluding hydrogens is 697 g/mol.